The Kier molecular flexibility index (Phi) is 2.98. The summed E-state index contributed by atoms with van der Waals surface area (Å²) in [4.78, 5) is 13.3. The van der Waals surface area contributed by atoms with E-state index in [0.717, 1.165) is 12.1 Å². The van der Waals surface area contributed by atoms with Crippen molar-refractivity contribution in [3.63, 3.8) is 0 Å². The number of nitrogens with two attached hydrogens (primary N) is 1. The van der Waals surface area contributed by atoms with Crippen molar-refractivity contribution < 1.29 is 18.7 Å². The number of β-amino-alcohol motifs (C(OH)–C–C–N with tert-alkyl or cyclic N) is 1. The Hall–Kier alpha value is -1.69. The fourth-order valence-corrected chi connectivity index (χ4v) is 1.95. The summed E-state index contributed by atoms with van der Waals surface area (Å²) in [6, 6.07) is 1.57. The number of rotatable bonds is 2. The second-order valence-electron chi connectivity index (χ2n) is 4.59. The fourth-order valence-electron chi connectivity index (χ4n) is 1.95. The van der Waals surface area contributed by atoms with Gasteiger partial charge in [0.1, 0.15) is 0 Å². The Morgan fingerprint density at radius 2 is 2.00 bits per heavy atom. The highest BCUT2D eigenvalue weighted by atomic mass is 19.2. The minimum atomic E-state index is -1.11. The maximum Gasteiger partial charge on any atom is 0.256 e. The number of hydrogen-bond donors (Lipinski definition) is 2. The van der Waals surface area contributed by atoms with Crippen molar-refractivity contribution in [2.45, 2.75) is 18.9 Å². The van der Waals surface area contributed by atoms with Crippen molar-refractivity contribution in [3.8, 4) is 0 Å². The van der Waals surface area contributed by atoms with Gasteiger partial charge < -0.3 is 15.7 Å². The van der Waals surface area contributed by atoms with Crippen LogP contribution in [0.5, 0.6) is 0 Å². The molecule has 0 atom stereocenters. The smallest absolute Gasteiger partial charge is 0.256 e. The number of carbonyl (C=O) groups excluding carboxylic acids is 1. The van der Waals surface area contributed by atoms with Gasteiger partial charge in [-0.1, -0.05) is 6.92 Å². The predicted octanol–water partition coefficient (Wildman–Crippen LogP) is 1.14. The van der Waals surface area contributed by atoms with E-state index in [4.69, 9.17) is 5.73 Å². The van der Waals surface area contributed by atoms with Crippen LogP contribution in [0, 0.1) is 11.6 Å². The van der Waals surface area contributed by atoms with Crippen LogP contribution in [-0.2, 0) is 0 Å². The summed E-state index contributed by atoms with van der Waals surface area (Å²) in [5.74, 6) is -2.69. The quantitative estimate of drug-likeness (QED) is 0.780. The molecule has 0 radical (unpaired) electrons. The van der Waals surface area contributed by atoms with Crippen LogP contribution in [0.3, 0.4) is 0 Å². The van der Waals surface area contributed by atoms with Crippen LogP contribution < -0.4 is 5.73 Å². The molecule has 0 bridgehead atoms. The second-order valence-corrected chi connectivity index (χ2v) is 4.59. The van der Waals surface area contributed by atoms with E-state index in [1.807, 2.05) is 6.92 Å². The van der Waals surface area contributed by atoms with Crippen molar-refractivity contribution in [1.29, 1.82) is 0 Å². The molecule has 0 aromatic heterocycles. The van der Waals surface area contributed by atoms with E-state index in [1.54, 1.807) is 0 Å². The van der Waals surface area contributed by atoms with Crippen LogP contribution in [-0.4, -0.2) is 34.6 Å². The first-order valence-electron chi connectivity index (χ1n) is 5.62. The van der Waals surface area contributed by atoms with Gasteiger partial charge in [-0.3, -0.25) is 4.79 Å². The molecule has 4 nitrogen and oxygen atoms in total. The predicted molar refractivity (Wildman–Crippen MR) is 61.9 cm³/mol. The molecule has 0 unspecified atom stereocenters. The molecule has 1 aromatic carbocycles. The Morgan fingerprint density at radius 1 is 1.44 bits per heavy atom. The summed E-state index contributed by atoms with van der Waals surface area (Å²) in [6.07, 6.45) is 0.532. The Morgan fingerprint density at radius 3 is 2.56 bits per heavy atom. The number of nitrogens with zero attached hydrogens (tertiary/aromatic N) is 1. The number of nitrogen functional groups attached to an aromatic ring is 1. The lowest BCUT2D eigenvalue weighted by molar-refractivity contribution is -0.0826. The van der Waals surface area contributed by atoms with E-state index in [1.165, 1.54) is 4.90 Å². The third-order valence-corrected chi connectivity index (χ3v) is 3.24. The van der Waals surface area contributed by atoms with E-state index in [2.05, 4.69) is 0 Å². The van der Waals surface area contributed by atoms with Gasteiger partial charge in [0.05, 0.1) is 24.3 Å². The fraction of sp³-hybridized carbons (Fsp3) is 0.417. The second kappa shape index (κ2) is 4.20. The molecule has 0 aliphatic carbocycles. The number of amides is 1. The summed E-state index contributed by atoms with van der Waals surface area (Å²) < 4.78 is 26.0. The first-order valence-corrected chi connectivity index (χ1v) is 5.62. The molecule has 2 rings (SSSR count). The van der Waals surface area contributed by atoms with Crippen LogP contribution in [0.4, 0.5) is 14.5 Å². The largest absolute Gasteiger partial charge is 0.398 e. The number of halogens is 2. The van der Waals surface area contributed by atoms with Gasteiger partial charge in [0, 0.05) is 11.8 Å². The highest BCUT2D eigenvalue weighted by molar-refractivity contribution is 5.99. The molecule has 1 fully saturated rings. The van der Waals surface area contributed by atoms with Crippen LogP contribution in [0.2, 0.25) is 0 Å². The molecule has 1 saturated heterocycles. The molecule has 0 saturated carbocycles. The van der Waals surface area contributed by atoms with Gasteiger partial charge in [-0.15, -0.1) is 0 Å². The standard InChI is InChI=1S/C12H14F2N2O2/c1-2-12(18)5-16(6-12)11(17)7-3-8(13)9(14)4-10(7)15/h3-4,18H,2,5-6,15H2,1H3. The number of anilines is 1. The number of carbonyl (C=O) groups is 1. The van der Waals surface area contributed by atoms with E-state index in [-0.39, 0.29) is 24.3 Å². The van der Waals surface area contributed by atoms with Gasteiger partial charge >= 0.3 is 0 Å². The molecule has 18 heavy (non-hydrogen) atoms. The molecule has 6 heteroatoms. The highest BCUT2D eigenvalue weighted by Crippen LogP contribution is 2.27. The van der Waals surface area contributed by atoms with Crippen molar-refractivity contribution in [1.82, 2.24) is 4.90 Å². The van der Waals surface area contributed by atoms with Crippen molar-refractivity contribution in [2.24, 2.45) is 0 Å². The molecule has 1 aromatic rings. The zero-order chi connectivity index (χ0) is 13.5. The molecule has 1 amide bonds. The zero-order valence-electron chi connectivity index (χ0n) is 9.91. The van der Waals surface area contributed by atoms with Gasteiger partial charge in [0.2, 0.25) is 0 Å². The lowest BCUT2D eigenvalue weighted by atomic mass is 9.90. The van der Waals surface area contributed by atoms with Gasteiger partial charge in [-0.2, -0.15) is 0 Å². The van der Waals surface area contributed by atoms with Crippen LogP contribution in [0.25, 0.3) is 0 Å². The zero-order valence-corrected chi connectivity index (χ0v) is 9.91. The number of hydrogen-bond acceptors (Lipinski definition) is 3. The van der Waals surface area contributed by atoms with E-state index >= 15 is 0 Å². The number of benzene rings is 1. The van der Waals surface area contributed by atoms with Gasteiger partial charge in [0.15, 0.2) is 11.6 Å². The summed E-state index contributed by atoms with van der Waals surface area (Å²) >= 11 is 0. The molecule has 98 valence electrons. The Bertz CT molecular complexity index is 499. The van der Waals surface area contributed by atoms with Crippen molar-refractivity contribution >= 4 is 11.6 Å². The summed E-state index contributed by atoms with van der Waals surface area (Å²) in [7, 11) is 0. The van der Waals surface area contributed by atoms with Crippen molar-refractivity contribution in [2.75, 3.05) is 18.8 Å². The number of aliphatic hydroxyl groups is 1. The third-order valence-electron chi connectivity index (χ3n) is 3.24. The van der Waals surface area contributed by atoms with Crippen LogP contribution >= 0.6 is 0 Å². The Labute approximate surface area is 103 Å². The summed E-state index contributed by atoms with van der Waals surface area (Å²) in [6.45, 7) is 2.18. The minimum Gasteiger partial charge on any atom is -0.398 e. The minimum absolute atomic E-state index is 0.0768. The first kappa shape index (κ1) is 12.8. The molecule has 3 N–H and O–H groups in total. The van der Waals surface area contributed by atoms with E-state index in [9.17, 15) is 18.7 Å². The van der Waals surface area contributed by atoms with Gasteiger partial charge in [-0.05, 0) is 12.5 Å². The van der Waals surface area contributed by atoms with Gasteiger partial charge in [0.25, 0.3) is 5.91 Å². The van der Waals surface area contributed by atoms with E-state index < -0.39 is 23.1 Å². The molecular formula is C12H14F2N2O2. The maximum atomic E-state index is 13.1. The average molecular weight is 256 g/mol. The lowest BCUT2D eigenvalue weighted by Gasteiger charge is -2.46. The highest BCUT2D eigenvalue weighted by Gasteiger charge is 2.42. The lowest BCUT2D eigenvalue weighted by Crippen LogP contribution is -2.63. The van der Waals surface area contributed by atoms with Crippen LogP contribution in [0.15, 0.2) is 12.1 Å². The molecule has 0 spiro atoms. The van der Waals surface area contributed by atoms with Crippen LogP contribution in [0.1, 0.15) is 23.7 Å². The van der Waals surface area contributed by atoms with E-state index in [0.29, 0.717) is 6.42 Å². The monoisotopic (exact) mass is 256 g/mol. The summed E-state index contributed by atoms with van der Waals surface area (Å²) in [5, 5.41) is 9.79. The van der Waals surface area contributed by atoms with Gasteiger partial charge in [-0.25, -0.2) is 8.78 Å². The Balaban J connectivity index is 2.19. The molecule has 1 heterocycles. The summed E-state index contributed by atoms with van der Waals surface area (Å²) in [5.41, 5.74) is 4.44. The third kappa shape index (κ3) is 2.03. The SMILES string of the molecule is CCC1(O)CN(C(=O)c2cc(F)c(F)cc2N)C1. The molecule has 1 aliphatic heterocycles. The maximum absolute atomic E-state index is 13.1. The normalized spacial score (nSPS) is 17.4. The van der Waals surface area contributed by atoms with Crippen molar-refractivity contribution in [3.05, 3.63) is 29.3 Å². The topological polar surface area (TPSA) is 66.6 Å². The number of likely N-dealkylation sites (tertiary alicyclic amines) is 1. The molecular weight excluding hydrogens is 242 g/mol. The first-order chi connectivity index (χ1) is 8.36. The molecule has 1 aliphatic rings. The average Bonchev–Trinajstić information content (AvgIpc) is 2.29.